The van der Waals surface area contributed by atoms with Gasteiger partial charge in [-0.2, -0.15) is 0 Å². The van der Waals surface area contributed by atoms with Crippen LogP contribution in [-0.2, 0) is 13.6 Å². The predicted molar refractivity (Wildman–Crippen MR) is 99.7 cm³/mol. The third kappa shape index (κ3) is 2.90. The zero-order chi connectivity index (χ0) is 18.8. The van der Waals surface area contributed by atoms with E-state index in [2.05, 4.69) is 9.97 Å². The summed E-state index contributed by atoms with van der Waals surface area (Å²) in [5.74, 6) is 1.82. The van der Waals surface area contributed by atoms with Gasteiger partial charge in [0.05, 0.1) is 14.2 Å². The Kier molecular flexibility index (Phi) is 4.66. The van der Waals surface area contributed by atoms with Gasteiger partial charge in [-0.25, -0.2) is 9.78 Å². The summed E-state index contributed by atoms with van der Waals surface area (Å²) >= 11 is 0. The van der Waals surface area contributed by atoms with Crippen molar-refractivity contribution in [2.24, 2.45) is 7.05 Å². The number of ether oxygens (including phenoxy) is 2. The largest absolute Gasteiger partial charge is 0.493 e. The van der Waals surface area contributed by atoms with Crippen LogP contribution in [0.15, 0.2) is 27.8 Å². The molecule has 0 aliphatic carbocycles. The molecule has 0 fully saturated rings. The van der Waals surface area contributed by atoms with Crippen LogP contribution in [0.1, 0.15) is 18.3 Å². The number of fused-ring (bicyclic) bond motifs is 1. The van der Waals surface area contributed by atoms with Gasteiger partial charge in [0.25, 0.3) is 5.56 Å². The molecule has 1 N–H and O–H groups in total. The highest BCUT2D eigenvalue weighted by Crippen LogP contribution is 2.28. The van der Waals surface area contributed by atoms with Gasteiger partial charge in [0, 0.05) is 13.6 Å². The first-order valence-corrected chi connectivity index (χ1v) is 8.09. The lowest BCUT2D eigenvalue weighted by Crippen LogP contribution is -2.34. The molecule has 2 aromatic heterocycles. The zero-order valence-corrected chi connectivity index (χ0v) is 15.1. The van der Waals surface area contributed by atoms with Gasteiger partial charge in [-0.05, 0) is 30.7 Å². The Balaban J connectivity index is 2.06. The monoisotopic (exact) mass is 356 g/mol. The van der Waals surface area contributed by atoms with Crippen LogP contribution in [-0.4, -0.2) is 33.3 Å². The Morgan fingerprint density at radius 1 is 1.15 bits per heavy atom. The number of aromatic amines is 1. The number of aromatic nitrogens is 4. The zero-order valence-electron chi connectivity index (χ0n) is 15.1. The maximum atomic E-state index is 12.5. The van der Waals surface area contributed by atoms with E-state index in [0.717, 1.165) is 10.1 Å². The fourth-order valence-electron chi connectivity index (χ4n) is 2.80. The van der Waals surface area contributed by atoms with E-state index in [0.29, 0.717) is 29.4 Å². The van der Waals surface area contributed by atoms with Crippen molar-refractivity contribution in [3.05, 3.63) is 50.4 Å². The normalized spacial score (nSPS) is 11.4. The predicted octanol–water partition coefficient (Wildman–Crippen LogP) is 1.63. The SMILES string of the molecule is CCn1c(=O)[nH]c2nc(C=Cc3ccc(OC)c(OC)c3)n(C)c2c1=O. The molecule has 3 rings (SSSR count). The average Bonchev–Trinajstić information content (AvgIpc) is 2.95. The molecular weight excluding hydrogens is 336 g/mol. The summed E-state index contributed by atoms with van der Waals surface area (Å²) in [6, 6.07) is 5.53. The molecule has 0 unspecified atom stereocenters. The summed E-state index contributed by atoms with van der Waals surface area (Å²) in [6.45, 7) is 2.04. The fraction of sp³-hybridized carbons (Fsp3) is 0.278. The summed E-state index contributed by atoms with van der Waals surface area (Å²) in [7, 11) is 4.89. The molecule has 26 heavy (non-hydrogen) atoms. The Morgan fingerprint density at radius 2 is 1.88 bits per heavy atom. The minimum absolute atomic E-state index is 0.277. The summed E-state index contributed by atoms with van der Waals surface area (Å²) in [4.78, 5) is 31.4. The van der Waals surface area contributed by atoms with Gasteiger partial charge >= 0.3 is 5.69 Å². The van der Waals surface area contributed by atoms with E-state index >= 15 is 0 Å². The van der Waals surface area contributed by atoms with E-state index in [-0.39, 0.29) is 11.2 Å². The Morgan fingerprint density at radius 3 is 2.54 bits per heavy atom. The molecule has 8 nitrogen and oxygen atoms in total. The van der Waals surface area contributed by atoms with Gasteiger partial charge in [-0.15, -0.1) is 0 Å². The topological polar surface area (TPSA) is 91.1 Å². The average molecular weight is 356 g/mol. The van der Waals surface area contributed by atoms with Crippen LogP contribution in [0.25, 0.3) is 23.3 Å². The summed E-state index contributed by atoms with van der Waals surface area (Å²) in [5, 5.41) is 0. The molecule has 2 heterocycles. The number of imidazole rings is 1. The number of H-pyrrole nitrogens is 1. The van der Waals surface area contributed by atoms with E-state index in [1.807, 2.05) is 24.3 Å². The van der Waals surface area contributed by atoms with Crippen molar-refractivity contribution in [3.8, 4) is 11.5 Å². The van der Waals surface area contributed by atoms with Gasteiger partial charge in [0.15, 0.2) is 22.7 Å². The van der Waals surface area contributed by atoms with Crippen molar-refractivity contribution in [2.75, 3.05) is 14.2 Å². The van der Waals surface area contributed by atoms with Gasteiger partial charge in [0.1, 0.15) is 5.82 Å². The molecule has 0 atom stereocenters. The van der Waals surface area contributed by atoms with E-state index in [4.69, 9.17) is 9.47 Å². The smallest absolute Gasteiger partial charge is 0.330 e. The van der Waals surface area contributed by atoms with E-state index in [1.54, 1.807) is 38.8 Å². The highest BCUT2D eigenvalue weighted by molar-refractivity contribution is 5.76. The van der Waals surface area contributed by atoms with Crippen molar-refractivity contribution < 1.29 is 9.47 Å². The molecule has 0 spiro atoms. The number of nitrogens with zero attached hydrogens (tertiary/aromatic N) is 3. The number of nitrogens with one attached hydrogen (secondary N) is 1. The minimum Gasteiger partial charge on any atom is -0.493 e. The van der Waals surface area contributed by atoms with Gasteiger partial charge in [-0.3, -0.25) is 14.3 Å². The number of rotatable bonds is 5. The molecule has 0 saturated carbocycles. The molecule has 0 aliphatic heterocycles. The Bertz CT molecular complexity index is 1100. The van der Waals surface area contributed by atoms with Crippen molar-refractivity contribution in [3.63, 3.8) is 0 Å². The summed E-state index contributed by atoms with van der Waals surface area (Å²) < 4.78 is 13.3. The second-order valence-electron chi connectivity index (χ2n) is 5.65. The fourth-order valence-corrected chi connectivity index (χ4v) is 2.80. The molecule has 0 bridgehead atoms. The standard InChI is InChI=1S/C18H20N4O4/c1-5-22-17(23)15-16(20-18(22)24)19-14(21(15)2)9-7-11-6-8-12(25-3)13(10-11)26-4/h6-10H,5H2,1-4H3,(H,20,24). The molecule has 0 aliphatic rings. The molecule has 136 valence electrons. The van der Waals surface area contributed by atoms with Gasteiger partial charge < -0.3 is 14.0 Å². The Hall–Kier alpha value is -3.29. The summed E-state index contributed by atoms with van der Waals surface area (Å²) in [5.41, 5.74) is 0.706. The maximum Gasteiger partial charge on any atom is 0.330 e. The van der Waals surface area contributed by atoms with Crippen molar-refractivity contribution in [1.82, 2.24) is 19.1 Å². The van der Waals surface area contributed by atoms with Crippen LogP contribution in [0.5, 0.6) is 11.5 Å². The number of methoxy groups -OCH3 is 2. The molecule has 0 amide bonds. The van der Waals surface area contributed by atoms with Gasteiger partial charge in [-0.1, -0.05) is 12.1 Å². The van der Waals surface area contributed by atoms with Crippen LogP contribution in [0.2, 0.25) is 0 Å². The van der Waals surface area contributed by atoms with Crippen molar-refractivity contribution in [1.29, 1.82) is 0 Å². The first kappa shape index (κ1) is 17.5. The molecule has 3 aromatic rings. The molecule has 0 saturated heterocycles. The summed E-state index contributed by atoms with van der Waals surface area (Å²) in [6.07, 6.45) is 3.62. The third-order valence-electron chi connectivity index (χ3n) is 4.20. The highest BCUT2D eigenvalue weighted by atomic mass is 16.5. The molecule has 1 aromatic carbocycles. The van der Waals surface area contributed by atoms with Crippen molar-refractivity contribution in [2.45, 2.75) is 13.5 Å². The van der Waals surface area contributed by atoms with Crippen LogP contribution < -0.4 is 20.7 Å². The maximum absolute atomic E-state index is 12.5. The highest BCUT2D eigenvalue weighted by Gasteiger charge is 2.13. The lowest BCUT2D eigenvalue weighted by Gasteiger charge is -2.07. The van der Waals surface area contributed by atoms with E-state index < -0.39 is 5.69 Å². The molecular formula is C18H20N4O4. The van der Waals surface area contributed by atoms with E-state index in [9.17, 15) is 9.59 Å². The number of aryl methyl sites for hydroxylation is 1. The number of benzene rings is 1. The minimum atomic E-state index is -0.460. The van der Waals surface area contributed by atoms with Crippen LogP contribution in [0.3, 0.4) is 0 Å². The quantitative estimate of drug-likeness (QED) is 0.750. The second-order valence-corrected chi connectivity index (χ2v) is 5.65. The van der Waals surface area contributed by atoms with E-state index in [1.165, 1.54) is 0 Å². The number of hydrogen-bond donors (Lipinski definition) is 1. The lowest BCUT2D eigenvalue weighted by molar-refractivity contribution is 0.355. The Labute approximate surface area is 149 Å². The first-order valence-electron chi connectivity index (χ1n) is 8.09. The third-order valence-corrected chi connectivity index (χ3v) is 4.20. The van der Waals surface area contributed by atoms with Crippen LogP contribution in [0.4, 0.5) is 0 Å². The number of hydrogen-bond acceptors (Lipinski definition) is 5. The van der Waals surface area contributed by atoms with Crippen LogP contribution in [0, 0.1) is 0 Å². The molecule has 8 heteroatoms. The lowest BCUT2D eigenvalue weighted by atomic mass is 10.2. The first-order chi connectivity index (χ1) is 12.5. The van der Waals surface area contributed by atoms with Gasteiger partial charge in [0.2, 0.25) is 0 Å². The van der Waals surface area contributed by atoms with Crippen molar-refractivity contribution >= 4 is 23.3 Å². The van der Waals surface area contributed by atoms with Crippen LogP contribution >= 0.6 is 0 Å². The molecule has 0 radical (unpaired) electrons. The second kappa shape index (κ2) is 6.91.